The summed E-state index contributed by atoms with van der Waals surface area (Å²) in [6.07, 6.45) is 4.88. The largest absolute Gasteiger partial charge is 0.337 e. The van der Waals surface area contributed by atoms with Gasteiger partial charge < -0.3 is 10.2 Å². The maximum absolute atomic E-state index is 13.5. The van der Waals surface area contributed by atoms with E-state index < -0.39 is 0 Å². The number of aryl methyl sites for hydroxylation is 1. The van der Waals surface area contributed by atoms with E-state index in [1.54, 1.807) is 0 Å². The average Bonchev–Trinajstić information content (AvgIpc) is 2.82. The molecule has 5 nitrogen and oxygen atoms in total. The molecule has 2 saturated heterocycles. The van der Waals surface area contributed by atoms with E-state index in [1.165, 1.54) is 11.1 Å². The fraction of sp³-hybridized carbons (Fsp3) is 0.571. The molecule has 2 fully saturated rings. The summed E-state index contributed by atoms with van der Waals surface area (Å²) < 4.78 is 0. The maximum atomic E-state index is 13.5. The van der Waals surface area contributed by atoms with Crippen LogP contribution in [0.25, 0.3) is 0 Å². The molecule has 4 rings (SSSR count). The molecule has 1 unspecified atom stereocenters. The summed E-state index contributed by atoms with van der Waals surface area (Å²) >= 11 is 6.21. The maximum Gasteiger partial charge on any atom is 0.223 e. The van der Waals surface area contributed by atoms with Gasteiger partial charge in [0.1, 0.15) is 0 Å². The molecular weight excluding hydrogens is 444 g/mol. The van der Waals surface area contributed by atoms with Crippen LogP contribution in [-0.4, -0.2) is 59.5 Å². The molecule has 1 aromatic carbocycles. The molecule has 2 aliphatic rings. The molecule has 1 N–H and O–H groups in total. The van der Waals surface area contributed by atoms with Gasteiger partial charge >= 0.3 is 0 Å². The first-order valence-corrected chi connectivity index (χ1v) is 13.0. The van der Waals surface area contributed by atoms with Crippen molar-refractivity contribution in [1.82, 2.24) is 20.1 Å². The highest BCUT2D eigenvalue weighted by molar-refractivity contribution is 6.30. The predicted molar refractivity (Wildman–Crippen MR) is 139 cm³/mol. The van der Waals surface area contributed by atoms with Gasteiger partial charge in [0.2, 0.25) is 5.91 Å². The van der Waals surface area contributed by atoms with Gasteiger partial charge in [-0.3, -0.25) is 14.7 Å². The third kappa shape index (κ3) is 5.99. The second-order valence-electron chi connectivity index (χ2n) is 11.0. The second-order valence-corrected chi connectivity index (χ2v) is 11.5. The quantitative estimate of drug-likeness (QED) is 0.645. The Bertz CT molecular complexity index is 902. The topological polar surface area (TPSA) is 48.5 Å². The summed E-state index contributed by atoms with van der Waals surface area (Å²) in [5, 5.41) is 4.15. The molecule has 1 aromatic heterocycles. The van der Waals surface area contributed by atoms with Gasteiger partial charge in [0.25, 0.3) is 0 Å². The third-order valence-corrected chi connectivity index (χ3v) is 7.71. The predicted octanol–water partition coefficient (Wildman–Crippen LogP) is 5.08. The van der Waals surface area contributed by atoms with Crippen molar-refractivity contribution >= 4 is 17.5 Å². The van der Waals surface area contributed by atoms with Crippen molar-refractivity contribution in [2.75, 3.05) is 32.7 Å². The molecular formula is C28H39ClN4O. The van der Waals surface area contributed by atoms with Crippen LogP contribution in [0.5, 0.6) is 0 Å². The monoisotopic (exact) mass is 482 g/mol. The van der Waals surface area contributed by atoms with Crippen LogP contribution in [0.1, 0.15) is 62.9 Å². The first kappa shape index (κ1) is 25.2. The summed E-state index contributed by atoms with van der Waals surface area (Å²) in [7, 11) is 0. The molecule has 34 heavy (non-hydrogen) atoms. The first-order valence-electron chi connectivity index (χ1n) is 12.6. The number of halogens is 1. The van der Waals surface area contributed by atoms with Gasteiger partial charge in [0.05, 0.1) is 6.04 Å². The van der Waals surface area contributed by atoms with E-state index in [9.17, 15) is 4.79 Å². The summed E-state index contributed by atoms with van der Waals surface area (Å²) in [4.78, 5) is 22.8. The lowest BCUT2D eigenvalue weighted by Crippen LogP contribution is -2.60. The number of nitrogens with zero attached hydrogens (tertiary/aromatic N) is 3. The van der Waals surface area contributed by atoms with Gasteiger partial charge in [-0.05, 0) is 73.5 Å². The van der Waals surface area contributed by atoms with Crippen molar-refractivity contribution < 1.29 is 4.79 Å². The highest BCUT2D eigenvalue weighted by Crippen LogP contribution is 2.36. The van der Waals surface area contributed by atoms with Crippen LogP contribution < -0.4 is 5.32 Å². The molecule has 0 bridgehead atoms. The normalized spacial score (nSPS) is 21.4. The molecule has 0 spiro atoms. The number of hydrogen-bond acceptors (Lipinski definition) is 4. The van der Waals surface area contributed by atoms with Crippen LogP contribution >= 0.6 is 11.6 Å². The van der Waals surface area contributed by atoms with Crippen LogP contribution in [0.2, 0.25) is 5.02 Å². The van der Waals surface area contributed by atoms with E-state index in [0.717, 1.165) is 56.3 Å². The molecule has 0 aliphatic carbocycles. The van der Waals surface area contributed by atoms with Crippen molar-refractivity contribution in [3.63, 3.8) is 0 Å². The van der Waals surface area contributed by atoms with Gasteiger partial charge in [-0.15, -0.1) is 0 Å². The number of benzene rings is 1. The van der Waals surface area contributed by atoms with Gasteiger partial charge in [0, 0.05) is 49.0 Å². The highest BCUT2D eigenvalue weighted by Gasteiger charge is 2.40. The number of hydrogen-bond donors (Lipinski definition) is 1. The Balaban J connectivity index is 1.59. The van der Waals surface area contributed by atoms with Crippen molar-refractivity contribution in [2.45, 2.75) is 59.0 Å². The van der Waals surface area contributed by atoms with Gasteiger partial charge in [-0.1, -0.05) is 50.6 Å². The molecule has 184 valence electrons. The lowest BCUT2D eigenvalue weighted by atomic mass is 9.82. The molecule has 3 heterocycles. The Hall–Kier alpha value is -1.95. The summed E-state index contributed by atoms with van der Waals surface area (Å²) in [6, 6.07) is 12.7. The van der Waals surface area contributed by atoms with Gasteiger partial charge in [-0.2, -0.15) is 0 Å². The highest BCUT2D eigenvalue weighted by atomic mass is 35.5. The number of amides is 1. The molecule has 2 atom stereocenters. The van der Waals surface area contributed by atoms with E-state index in [-0.39, 0.29) is 17.5 Å². The standard InChI is InChI=1S/C28H39ClN4O/c1-20-5-6-23(18-31-20)27(22-7-9-24(29)10-8-22)32-15-16-33(25(19-32)28(2,3)4)26(34)17-21-11-13-30-14-12-21/h5-10,18,21,25,27,30H,11-17,19H2,1-4H3/t25-,27?/m1/s1. The molecule has 0 radical (unpaired) electrons. The van der Waals surface area contributed by atoms with Crippen molar-refractivity contribution in [2.24, 2.45) is 11.3 Å². The first-order chi connectivity index (χ1) is 16.2. The zero-order chi connectivity index (χ0) is 24.3. The van der Waals surface area contributed by atoms with Crippen molar-refractivity contribution in [1.29, 1.82) is 0 Å². The number of pyridine rings is 1. The van der Waals surface area contributed by atoms with E-state index in [4.69, 9.17) is 11.6 Å². The lowest BCUT2D eigenvalue weighted by molar-refractivity contribution is -0.141. The summed E-state index contributed by atoms with van der Waals surface area (Å²) in [6.45, 7) is 13.3. The number of rotatable bonds is 5. The van der Waals surface area contributed by atoms with Crippen molar-refractivity contribution in [3.8, 4) is 0 Å². The van der Waals surface area contributed by atoms with Crippen LogP contribution in [0.4, 0.5) is 0 Å². The van der Waals surface area contributed by atoms with Crippen LogP contribution in [0.3, 0.4) is 0 Å². The number of carbonyl (C=O) groups is 1. The van der Waals surface area contributed by atoms with Crippen LogP contribution in [-0.2, 0) is 4.79 Å². The number of carbonyl (C=O) groups excluding carboxylic acids is 1. The fourth-order valence-corrected chi connectivity index (χ4v) is 5.55. The minimum absolute atomic E-state index is 0.0154. The van der Waals surface area contributed by atoms with Gasteiger partial charge in [-0.25, -0.2) is 0 Å². The van der Waals surface area contributed by atoms with Crippen LogP contribution in [0.15, 0.2) is 42.6 Å². The Labute approximate surface area is 209 Å². The number of nitrogens with one attached hydrogen (secondary N) is 1. The average molecular weight is 483 g/mol. The Kier molecular flexibility index (Phi) is 7.96. The minimum atomic E-state index is -0.0154. The van der Waals surface area contributed by atoms with Crippen molar-refractivity contribution in [3.05, 3.63) is 64.4 Å². The Morgan fingerprint density at radius 2 is 1.76 bits per heavy atom. The SMILES string of the molecule is Cc1ccc(C(c2ccc(Cl)cc2)N2CCN(C(=O)CC3CCNCC3)[C@@H](C(C)(C)C)C2)cn1. The minimum Gasteiger partial charge on any atom is -0.337 e. The van der Waals surface area contributed by atoms with E-state index in [0.29, 0.717) is 18.2 Å². The molecule has 0 saturated carbocycles. The second kappa shape index (κ2) is 10.8. The smallest absolute Gasteiger partial charge is 0.223 e. The number of aromatic nitrogens is 1. The molecule has 6 heteroatoms. The van der Waals surface area contributed by atoms with Crippen LogP contribution in [0, 0.1) is 18.3 Å². The Morgan fingerprint density at radius 1 is 1.09 bits per heavy atom. The number of piperazine rings is 1. The van der Waals surface area contributed by atoms with E-state index in [1.807, 2.05) is 25.3 Å². The zero-order valence-corrected chi connectivity index (χ0v) is 21.8. The molecule has 1 amide bonds. The fourth-order valence-electron chi connectivity index (χ4n) is 5.43. The Morgan fingerprint density at radius 3 is 2.38 bits per heavy atom. The summed E-state index contributed by atoms with van der Waals surface area (Å²) in [5.41, 5.74) is 3.38. The third-order valence-electron chi connectivity index (χ3n) is 7.45. The van der Waals surface area contributed by atoms with Gasteiger partial charge in [0.15, 0.2) is 0 Å². The zero-order valence-electron chi connectivity index (χ0n) is 21.1. The number of piperidine rings is 1. The molecule has 2 aliphatic heterocycles. The van der Waals surface area contributed by atoms with E-state index >= 15 is 0 Å². The van der Waals surface area contributed by atoms with E-state index in [2.05, 4.69) is 65.1 Å². The lowest BCUT2D eigenvalue weighted by Gasteiger charge is -2.49. The molecule has 2 aromatic rings. The summed E-state index contributed by atoms with van der Waals surface area (Å²) in [5.74, 6) is 0.833.